The molecular weight excluding hydrogens is 490 g/mol. The van der Waals surface area contributed by atoms with Crippen LogP contribution >= 0.6 is 0 Å². The van der Waals surface area contributed by atoms with E-state index in [0.717, 1.165) is 16.5 Å². The highest BCUT2D eigenvalue weighted by Crippen LogP contribution is 2.32. The molecule has 4 aromatic carbocycles. The van der Waals surface area contributed by atoms with Crippen LogP contribution in [0, 0.1) is 0 Å². The number of nitrogens with one attached hydrogen (secondary N) is 3. The Hall–Kier alpha value is -4.50. The van der Waals surface area contributed by atoms with Crippen molar-refractivity contribution in [1.29, 1.82) is 0 Å². The van der Waals surface area contributed by atoms with Gasteiger partial charge in [0.15, 0.2) is 0 Å². The van der Waals surface area contributed by atoms with Gasteiger partial charge in [0.25, 0.3) is 10.0 Å². The molecule has 0 aliphatic heterocycles. The zero-order chi connectivity index (χ0) is 26.0. The third-order valence-corrected chi connectivity index (χ3v) is 7.65. The lowest BCUT2D eigenvalue weighted by Gasteiger charge is -2.19. The number of aromatic amines is 1. The van der Waals surface area contributed by atoms with Crippen molar-refractivity contribution in [2.24, 2.45) is 0 Å². The van der Waals surface area contributed by atoms with Crippen LogP contribution in [0.1, 0.15) is 5.56 Å². The SMILES string of the molecule is COc1ccc(S(=O)(=O)Nc2ccc(N[C@@H](Cc3c[nH]c4ccccc34)C(=O)O)c3ccccc23)cc1. The number of methoxy groups -OCH3 is 1. The van der Waals surface area contributed by atoms with Crippen molar-refractivity contribution in [2.75, 3.05) is 17.1 Å². The number of hydrogen-bond donors (Lipinski definition) is 4. The number of aromatic nitrogens is 1. The zero-order valence-corrected chi connectivity index (χ0v) is 20.7. The molecule has 0 fully saturated rings. The first-order valence-corrected chi connectivity index (χ1v) is 13.1. The summed E-state index contributed by atoms with van der Waals surface area (Å²) in [6, 6.07) is 23.5. The second-order valence-electron chi connectivity index (χ2n) is 8.59. The number of anilines is 2. The minimum atomic E-state index is -3.86. The summed E-state index contributed by atoms with van der Waals surface area (Å²) in [5.41, 5.74) is 2.82. The highest BCUT2D eigenvalue weighted by Gasteiger charge is 2.22. The van der Waals surface area contributed by atoms with E-state index in [1.165, 1.54) is 19.2 Å². The van der Waals surface area contributed by atoms with Crippen LogP contribution in [0.2, 0.25) is 0 Å². The maximum Gasteiger partial charge on any atom is 0.326 e. The normalized spacial score (nSPS) is 12.4. The molecule has 0 bridgehead atoms. The highest BCUT2D eigenvalue weighted by molar-refractivity contribution is 7.92. The number of para-hydroxylation sites is 1. The van der Waals surface area contributed by atoms with Crippen LogP contribution in [0.5, 0.6) is 5.75 Å². The smallest absolute Gasteiger partial charge is 0.326 e. The van der Waals surface area contributed by atoms with Gasteiger partial charge in [-0.15, -0.1) is 0 Å². The van der Waals surface area contributed by atoms with Crippen molar-refractivity contribution in [3.8, 4) is 5.75 Å². The summed E-state index contributed by atoms with van der Waals surface area (Å²) in [5.74, 6) is -0.431. The third kappa shape index (κ3) is 4.94. The Morgan fingerprint density at radius 1 is 0.892 bits per heavy atom. The summed E-state index contributed by atoms with van der Waals surface area (Å²) in [4.78, 5) is 15.5. The number of carboxylic acids is 1. The minimum absolute atomic E-state index is 0.101. The lowest BCUT2D eigenvalue weighted by atomic mass is 10.0. The Morgan fingerprint density at radius 3 is 2.19 bits per heavy atom. The molecule has 4 N–H and O–H groups in total. The van der Waals surface area contributed by atoms with E-state index < -0.39 is 22.0 Å². The van der Waals surface area contributed by atoms with Gasteiger partial charge in [-0.05, 0) is 48.0 Å². The Balaban J connectivity index is 1.45. The first-order chi connectivity index (χ1) is 17.9. The number of aliphatic carboxylic acids is 1. The van der Waals surface area contributed by atoms with Crippen molar-refractivity contribution >= 4 is 49.0 Å². The average Bonchev–Trinajstić information content (AvgIpc) is 3.32. The Morgan fingerprint density at radius 2 is 1.51 bits per heavy atom. The van der Waals surface area contributed by atoms with E-state index in [2.05, 4.69) is 15.0 Å². The van der Waals surface area contributed by atoms with Gasteiger partial charge in [0.2, 0.25) is 0 Å². The van der Waals surface area contributed by atoms with Gasteiger partial charge >= 0.3 is 5.97 Å². The van der Waals surface area contributed by atoms with E-state index in [-0.39, 0.29) is 11.3 Å². The molecule has 37 heavy (non-hydrogen) atoms. The Bertz CT molecular complexity index is 1690. The molecule has 1 aromatic heterocycles. The molecule has 0 spiro atoms. The molecule has 0 saturated heterocycles. The molecule has 0 aliphatic carbocycles. The predicted molar refractivity (Wildman–Crippen MR) is 145 cm³/mol. The van der Waals surface area contributed by atoms with Gasteiger partial charge in [-0.25, -0.2) is 13.2 Å². The molecule has 9 heteroatoms. The van der Waals surface area contributed by atoms with Gasteiger partial charge in [0.05, 0.1) is 17.7 Å². The van der Waals surface area contributed by atoms with Crippen molar-refractivity contribution in [1.82, 2.24) is 4.98 Å². The molecule has 0 radical (unpaired) electrons. The van der Waals surface area contributed by atoms with E-state index in [1.807, 2.05) is 42.6 Å². The van der Waals surface area contributed by atoms with Crippen molar-refractivity contribution in [2.45, 2.75) is 17.4 Å². The van der Waals surface area contributed by atoms with Gasteiger partial charge in [0.1, 0.15) is 11.8 Å². The van der Waals surface area contributed by atoms with Gasteiger partial charge in [-0.3, -0.25) is 4.72 Å². The molecule has 5 aromatic rings. The van der Waals surface area contributed by atoms with E-state index in [9.17, 15) is 18.3 Å². The Labute approximate surface area is 214 Å². The quantitative estimate of drug-likeness (QED) is 0.213. The fourth-order valence-electron chi connectivity index (χ4n) is 4.38. The third-order valence-electron chi connectivity index (χ3n) is 6.26. The summed E-state index contributed by atoms with van der Waals surface area (Å²) in [6.45, 7) is 0. The molecule has 188 valence electrons. The fourth-order valence-corrected chi connectivity index (χ4v) is 5.46. The fraction of sp³-hybridized carbons (Fsp3) is 0.107. The summed E-state index contributed by atoms with van der Waals surface area (Å²) in [6.07, 6.45) is 2.09. The summed E-state index contributed by atoms with van der Waals surface area (Å²) >= 11 is 0. The van der Waals surface area contributed by atoms with Crippen LogP contribution < -0.4 is 14.8 Å². The molecule has 1 heterocycles. The topological polar surface area (TPSA) is 121 Å². The Kier molecular flexibility index (Phi) is 6.45. The van der Waals surface area contributed by atoms with Crippen LogP contribution in [-0.4, -0.2) is 37.6 Å². The van der Waals surface area contributed by atoms with E-state index in [0.29, 0.717) is 27.9 Å². The largest absolute Gasteiger partial charge is 0.497 e. The monoisotopic (exact) mass is 515 g/mol. The van der Waals surface area contributed by atoms with Gasteiger partial charge in [-0.1, -0.05) is 42.5 Å². The molecular formula is C28H25N3O5S. The number of carbonyl (C=O) groups is 1. The van der Waals surface area contributed by atoms with Crippen LogP contribution in [0.25, 0.3) is 21.7 Å². The van der Waals surface area contributed by atoms with E-state index >= 15 is 0 Å². The van der Waals surface area contributed by atoms with E-state index in [4.69, 9.17) is 4.74 Å². The average molecular weight is 516 g/mol. The lowest BCUT2D eigenvalue weighted by Crippen LogP contribution is -2.31. The van der Waals surface area contributed by atoms with Crippen LogP contribution in [0.3, 0.4) is 0 Å². The summed E-state index contributed by atoms with van der Waals surface area (Å²) in [5, 5.41) is 15.4. The van der Waals surface area contributed by atoms with Gasteiger partial charge in [-0.2, -0.15) is 0 Å². The number of benzene rings is 4. The van der Waals surface area contributed by atoms with Gasteiger partial charge < -0.3 is 20.1 Å². The molecule has 0 unspecified atom stereocenters. The van der Waals surface area contributed by atoms with Crippen LogP contribution in [-0.2, 0) is 21.2 Å². The van der Waals surface area contributed by atoms with Crippen LogP contribution in [0.15, 0.2) is 96.0 Å². The number of hydrogen-bond acceptors (Lipinski definition) is 5. The molecule has 1 atom stereocenters. The second-order valence-corrected chi connectivity index (χ2v) is 10.3. The molecule has 5 rings (SSSR count). The maximum absolute atomic E-state index is 13.0. The predicted octanol–water partition coefficient (Wildman–Crippen LogP) is 5.24. The summed E-state index contributed by atoms with van der Waals surface area (Å²) in [7, 11) is -2.34. The molecule has 0 saturated carbocycles. The maximum atomic E-state index is 13.0. The van der Waals surface area contributed by atoms with Crippen LogP contribution in [0.4, 0.5) is 11.4 Å². The number of H-pyrrole nitrogens is 1. The highest BCUT2D eigenvalue weighted by atomic mass is 32.2. The molecule has 0 aliphatic rings. The van der Waals surface area contributed by atoms with Gasteiger partial charge in [0, 0.05) is 40.0 Å². The minimum Gasteiger partial charge on any atom is -0.497 e. The number of ether oxygens (including phenoxy) is 1. The number of sulfonamides is 1. The summed E-state index contributed by atoms with van der Waals surface area (Å²) < 4.78 is 33.8. The second kappa shape index (κ2) is 9.87. The lowest BCUT2D eigenvalue weighted by molar-refractivity contribution is -0.137. The first-order valence-electron chi connectivity index (χ1n) is 11.6. The standard InChI is InChI=1S/C28H25N3O5S/c1-36-19-10-12-20(13-11-19)37(34,35)31-26-15-14-25(22-7-2-3-8-23(22)26)30-27(28(32)33)16-18-17-29-24-9-5-4-6-21(18)24/h2-15,17,27,29-31H,16H2,1H3,(H,32,33)/t27-/m0/s1. The molecule has 8 nitrogen and oxygen atoms in total. The number of carboxylic acid groups (broad SMARTS) is 1. The molecule has 0 amide bonds. The number of rotatable bonds is 9. The zero-order valence-electron chi connectivity index (χ0n) is 19.9. The first kappa shape index (κ1) is 24.2. The van der Waals surface area contributed by atoms with E-state index in [1.54, 1.807) is 36.4 Å². The van der Waals surface area contributed by atoms with Crippen molar-refractivity contribution in [3.63, 3.8) is 0 Å². The van der Waals surface area contributed by atoms with Crippen molar-refractivity contribution in [3.05, 3.63) is 96.7 Å². The van der Waals surface area contributed by atoms with Crippen molar-refractivity contribution < 1.29 is 23.1 Å². The number of fused-ring (bicyclic) bond motifs is 2.